The summed E-state index contributed by atoms with van der Waals surface area (Å²) in [5.41, 5.74) is 0.151. The van der Waals surface area contributed by atoms with Gasteiger partial charge in [-0.25, -0.2) is 0 Å². The zero-order valence-corrected chi connectivity index (χ0v) is 13.5. The summed E-state index contributed by atoms with van der Waals surface area (Å²) >= 11 is 0. The molecule has 1 aromatic rings. The second kappa shape index (κ2) is 6.37. The van der Waals surface area contributed by atoms with Crippen LogP contribution in [0.1, 0.15) is 39.2 Å². The maximum atomic E-state index is 12.5. The van der Waals surface area contributed by atoms with Crippen LogP contribution < -0.4 is 10.1 Å². The molecule has 1 atom stereocenters. The molecule has 0 bridgehead atoms. The Balaban J connectivity index is 2.16. The van der Waals surface area contributed by atoms with Crippen molar-refractivity contribution in [3.8, 4) is 11.8 Å². The average Bonchev–Trinajstić information content (AvgIpc) is 3.32. The number of ether oxygens (including phenoxy) is 2. The summed E-state index contributed by atoms with van der Waals surface area (Å²) in [5.74, 6) is 0.600. The maximum Gasteiger partial charge on any atom is 0.256 e. The second-order valence-corrected chi connectivity index (χ2v) is 6.03. The van der Waals surface area contributed by atoms with E-state index in [1.54, 1.807) is 32.2 Å². The fourth-order valence-corrected chi connectivity index (χ4v) is 2.39. The molecule has 22 heavy (non-hydrogen) atoms. The minimum Gasteiger partial charge on any atom is -0.490 e. The monoisotopic (exact) mass is 302 g/mol. The molecule has 1 amide bonds. The number of amides is 1. The third-order valence-electron chi connectivity index (χ3n) is 3.95. The first kappa shape index (κ1) is 16.3. The predicted octanol–water partition coefficient (Wildman–Crippen LogP) is 3.10. The average molecular weight is 302 g/mol. The molecule has 1 aromatic carbocycles. The number of nitrogens with one attached hydrogen (secondary N) is 1. The largest absolute Gasteiger partial charge is 0.490 e. The highest BCUT2D eigenvalue weighted by molar-refractivity contribution is 5.97. The molecule has 0 heterocycles. The number of anilines is 1. The first-order chi connectivity index (χ1) is 10.4. The summed E-state index contributed by atoms with van der Waals surface area (Å²) in [7, 11) is 1.55. The molecular formula is C17H22N2O3. The van der Waals surface area contributed by atoms with Crippen LogP contribution in [0.25, 0.3) is 0 Å². The van der Waals surface area contributed by atoms with Gasteiger partial charge in [-0.2, -0.15) is 5.26 Å². The van der Waals surface area contributed by atoms with E-state index in [4.69, 9.17) is 9.47 Å². The first-order valence-corrected chi connectivity index (χ1v) is 7.48. The highest BCUT2D eigenvalue weighted by Crippen LogP contribution is 2.42. The quantitative estimate of drug-likeness (QED) is 0.876. The SMILES string of the molecule is COC(C)(C(=O)Nc1ccc(OC(C)C)c(C#N)c1)C1CC1. The Morgan fingerprint density at radius 3 is 2.64 bits per heavy atom. The minimum absolute atomic E-state index is 0.0146. The normalized spacial score (nSPS) is 16.7. The van der Waals surface area contributed by atoms with Gasteiger partial charge in [0.15, 0.2) is 0 Å². The van der Waals surface area contributed by atoms with Crippen LogP contribution in [-0.2, 0) is 9.53 Å². The Bertz CT molecular complexity index is 602. The van der Waals surface area contributed by atoms with Crippen LogP contribution in [0.4, 0.5) is 5.69 Å². The van der Waals surface area contributed by atoms with Gasteiger partial charge in [0.25, 0.3) is 5.91 Å². The Hall–Kier alpha value is -2.06. The molecule has 0 saturated heterocycles. The molecule has 0 spiro atoms. The second-order valence-electron chi connectivity index (χ2n) is 6.03. The molecule has 5 nitrogen and oxygen atoms in total. The van der Waals surface area contributed by atoms with Gasteiger partial charge < -0.3 is 14.8 Å². The number of carbonyl (C=O) groups excluding carboxylic acids is 1. The van der Waals surface area contributed by atoms with Crippen LogP contribution in [0, 0.1) is 17.2 Å². The lowest BCUT2D eigenvalue weighted by atomic mass is 9.99. The van der Waals surface area contributed by atoms with E-state index in [0.29, 0.717) is 17.0 Å². The third kappa shape index (κ3) is 3.40. The molecule has 1 saturated carbocycles. The van der Waals surface area contributed by atoms with Gasteiger partial charge >= 0.3 is 0 Å². The molecule has 2 rings (SSSR count). The molecule has 1 unspecified atom stereocenters. The number of carbonyl (C=O) groups is 1. The topological polar surface area (TPSA) is 71.3 Å². The van der Waals surface area contributed by atoms with Crippen LogP contribution >= 0.6 is 0 Å². The van der Waals surface area contributed by atoms with Crippen molar-refractivity contribution in [3.05, 3.63) is 23.8 Å². The highest BCUT2D eigenvalue weighted by Gasteiger charge is 2.47. The summed E-state index contributed by atoms with van der Waals surface area (Å²) < 4.78 is 11.0. The van der Waals surface area contributed by atoms with Gasteiger partial charge in [0, 0.05) is 12.8 Å². The molecule has 1 N–H and O–H groups in total. The van der Waals surface area contributed by atoms with Crippen molar-refractivity contribution in [3.63, 3.8) is 0 Å². The van der Waals surface area contributed by atoms with Gasteiger partial charge in [0.2, 0.25) is 0 Å². The third-order valence-corrected chi connectivity index (χ3v) is 3.95. The van der Waals surface area contributed by atoms with Crippen molar-refractivity contribution in [1.29, 1.82) is 5.26 Å². The van der Waals surface area contributed by atoms with Crippen LogP contribution in [0.2, 0.25) is 0 Å². The standard InChI is InChI=1S/C17H22N2O3/c1-11(2)22-15-8-7-14(9-12(15)10-18)19-16(20)17(3,21-4)13-5-6-13/h7-9,11,13H,5-6H2,1-4H3,(H,19,20). The predicted molar refractivity (Wildman–Crippen MR) is 83.7 cm³/mol. The number of hydrogen-bond donors (Lipinski definition) is 1. The van der Waals surface area contributed by atoms with Crippen LogP contribution in [0.5, 0.6) is 5.75 Å². The molecule has 0 aliphatic heterocycles. The fraction of sp³-hybridized carbons (Fsp3) is 0.529. The van der Waals surface area contributed by atoms with Crippen LogP contribution in [-0.4, -0.2) is 24.7 Å². The summed E-state index contributed by atoms with van der Waals surface area (Å²) in [4.78, 5) is 12.5. The van der Waals surface area contributed by atoms with Crippen molar-refractivity contribution >= 4 is 11.6 Å². The zero-order valence-electron chi connectivity index (χ0n) is 13.5. The molecule has 5 heteroatoms. The maximum absolute atomic E-state index is 12.5. The van der Waals surface area contributed by atoms with Crippen molar-refractivity contribution < 1.29 is 14.3 Å². The van der Waals surface area contributed by atoms with E-state index in [1.165, 1.54) is 0 Å². The van der Waals surface area contributed by atoms with Gasteiger partial charge in [0.05, 0.1) is 11.7 Å². The summed E-state index contributed by atoms with van der Waals surface area (Å²) in [5, 5.41) is 12.1. The Morgan fingerprint density at radius 2 is 2.14 bits per heavy atom. The van der Waals surface area contributed by atoms with Gasteiger partial charge in [-0.05, 0) is 57.7 Å². The van der Waals surface area contributed by atoms with E-state index >= 15 is 0 Å². The van der Waals surface area contributed by atoms with Crippen molar-refractivity contribution in [2.45, 2.75) is 45.3 Å². The number of nitriles is 1. The summed E-state index contributed by atoms with van der Waals surface area (Å²) in [6, 6.07) is 7.16. The molecule has 118 valence electrons. The molecular weight excluding hydrogens is 280 g/mol. The molecule has 1 aliphatic carbocycles. The van der Waals surface area contributed by atoms with Crippen molar-refractivity contribution in [2.75, 3.05) is 12.4 Å². The van der Waals surface area contributed by atoms with E-state index in [2.05, 4.69) is 11.4 Å². The van der Waals surface area contributed by atoms with E-state index in [-0.39, 0.29) is 17.9 Å². The van der Waals surface area contributed by atoms with Crippen molar-refractivity contribution in [1.82, 2.24) is 0 Å². The van der Waals surface area contributed by atoms with E-state index in [1.807, 2.05) is 13.8 Å². The fourth-order valence-electron chi connectivity index (χ4n) is 2.39. The lowest BCUT2D eigenvalue weighted by Gasteiger charge is -2.26. The number of hydrogen-bond acceptors (Lipinski definition) is 4. The zero-order chi connectivity index (χ0) is 16.3. The van der Waals surface area contributed by atoms with Crippen molar-refractivity contribution in [2.24, 2.45) is 5.92 Å². The lowest BCUT2D eigenvalue weighted by Crippen LogP contribution is -2.44. The lowest BCUT2D eigenvalue weighted by molar-refractivity contribution is -0.138. The summed E-state index contributed by atoms with van der Waals surface area (Å²) in [6.45, 7) is 5.61. The van der Waals surface area contributed by atoms with E-state index < -0.39 is 5.60 Å². The number of nitrogens with zero attached hydrogens (tertiary/aromatic N) is 1. The van der Waals surface area contributed by atoms with Crippen LogP contribution in [0.15, 0.2) is 18.2 Å². The van der Waals surface area contributed by atoms with Gasteiger partial charge in [-0.3, -0.25) is 4.79 Å². The number of methoxy groups -OCH3 is 1. The smallest absolute Gasteiger partial charge is 0.256 e. The number of benzene rings is 1. The Morgan fingerprint density at radius 1 is 1.45 bits per heavy atom. The van der Waals surface area contributed by atoms with Gasteiger partial charge in [0.1, 0.15) is 17.4 Å². The minimum atomic E-state index is -0.820. The Labute approximate surface area is 131 Å². The van der Waals surface area contributed by atoms with Crippen LogP contribution in [0.3, 0.4) is 0 Å². The Kier molecular flexibility index (Phi) is 4.72. The highest BCUT2D eigenvalue weighted by atomic mass is 16.5. The van der Waals surface area contributed by atoms with E-state index in [9.17, 15) is 10.1 Å². The molecule has 1 aliphatic rings. The first-order valence-electron chi connectivity index (χ1n) is 7.48. The number of rotatable bonds is 6. The summed E-state index contributed by atoms with van der Waals surface area (Å²) in [6.07, 6.45) is 1.99. The van der Waals surface area contributed by atoms with Gasteiger partial charge in [-0.1, -0.05) is 0 Å². The van der Waals surface area contributed by atoms with Gasteiger partial charge in [-0.15, -0.1) is 0 Å². The molecule has 1 fully saturated rings. The molecule has 0 aromatic heterocycles. The molecule has 0 radical (unpaired) electrons. The van der Waals surface area contributed by atoms with E-state index in [0.717, 1.165) is 12.8 Å².